The first-order chi connectivity index (χ1) is 12.7. The molecule has 1 unspecified atom stereocenters. The summed E-state index contributed by atoms with van der Waals surface area (Å²) >= 11 is 1.29. The van der Waals surface area contributed by atoms with E-state index >= 15 is 0 Å². The number of hydrogen-bond donors (Lipinski definition) is 2. The van der Waals surface area contributed by atoms with Gasteiger partial charge in [0.1, 0.15) is 5.00 Å². The normalized spacial score (nSPS) is 17.4. The molecule has 10 heteroatoms. The number of carbonyl (C=O) groups excluding carboxylic acids is 1. The third-order valence-electron chi connectivity index (χ3n) is 4.64. The second-order valence-corrected chi connectivity index (χ2v) is 7.14. The van der Waals surface area contributed by atoms with Crippen LogP contribution in [0.1, 0.15) is 30.4 Å². The predicted molar refractivity (Wildman–Crippen MR) is 97.2 cm³/mol. The molecule has 2 N–H and O–H groups in total. The molecule has 0 bridgehead atoms. The summed E-state index contributed by atoms with van der Waals surface area (Å²) in [6.45, 7) is 2.59. The van der Waals surface area contributed by atoms with Gasteiger partial charge in [0.05, 0.1) is 23.4 Å². The molecule has 132 valence electrons. The maximum absolute atomic E-state index is 12.8. The molecule has 4 aromatic rings. The Kier molecular flexibility index (Phi) is 3.38. The Morgan fingerprint density at radius 1 is 1.42 bits per heavy atom. The lowest BCUT2D eigenvalue weighted by Crippen LogP contribution is -2.35. The van der Waals surface area contributed by atoms with Crippen molar-refractivity contribution in [2.45, 2.75) is 25.8 Å². The minimum absolute atomic E-state index is 0.125. The number of likely N-dealkylation sites (tertiary alicyclic amines) is 1. The van der Waals surface area contributed by atoms with Gasteiger partial charge in [-0.2, -0.15) is 4.37 Å². The number of hydrogen-bond acceptors (Lipinski definition) is 6. The fourth-order valence-corrected chi connectivity index (χ4v) is 4.14. The SMILES string of the molecule is Cc1cc(NC(=O)N2CCCC2c2nnc3cnc4[nH]ccc4n23)sn1. The first kappa shape index (κ1) is 15.3. The van der Waals surface area contributed by atoms with Gasteiger partial charge in [-0.15, -0.1) is 10.2 Å². The van der Waals surface area contributed by atoms with Crippen LogP contribution in [0.3, 0.4) is 0 Å². The zero-order valence-electron chi connectivity index (χ0n) is 14.0. The minimum Gasteiger partial charge on any atom is -0.345 e. The molecule has 1 aliphatic rings. The van der Waals surface area contributed by atoms with E-state index in [1.54, 1.807) is 6.20 Å². The summed E-state index contributed by atoms with van der Waals surface area (Å²) < 4.78 is 6.18. The lowest BCUT2D eigenvalue weighted by atomic mass is 10.2. The van der Waals surface area contributed by atoms with Crippen LogP contribution in [0, 0.1) is 6.92 Å². The minimum atomic E-state index is -0.132. The number of urea groups is 1. The number of H-pyrrole nitrogens is 1. The maximum Gasteiger partial charge on any atom is 0.323 e. The van der Waals surface area contributed by atoms with Crippen LogP contribution in [0.4, 0.5) is 9.80 Å². The summed E-state index contributed by atoms with van der Waals surface area (Å²) in [4.78, 5) is 22.1. The van der Waals surface area contributed by atoms with Crippen molar-refractivity contribution in [2.75, 3.05) is 11.9 Å². The Morgan fingerprint density at radius 3 is 3.19 bits per heavy atom. The van der Waals surface area contributed by atoms with Gasteiger partial charge in [-0.25, -0.2) is 9.78 Å². The topological polar surface area (TPSA) is 104 Å². The van der Waals surface area contributed by atoms with Crippen molar-refractivity contribution in [1.82, 2.24) is 33.8 Å². The van der Waals surface area contributed by atoms with Crippen LogP contribution >= 0.6 is 11.5 Å². The van der Waals surface area contributed by atoms with Gasteiger partial charge in [0, 0.05) is 12.7 Å². The van der Waals surface area contributed by atoms with Crippen LogP contribution in [0.2, 0.25) is 0 Å². The molecule has 1 atom stereocenters. The second-order valence-electron chi connectivity index (χ2n) is 6.34. The molecule has 1 saturated heterocycles. The molecule has 1 fully saturated rings. The van der Waals surface area contributed by atoms with Crippen LogP contribution in [0.5, 0.6) is 0 Å². The van der Waals surface area contributed by atoms with Crippen LogP contribution in [0.15, 0.2) is 24.5 Å². The van der Waals surface area contributed by atoms with Gasteiger partial charge >= 0.3 is 6.03 Å². The van der Waals surface area contributed by atoms with Crippen molar-refractivity contribution in [3.63, 3.8) is 0 Å². The molecular formula is C16H16N8OS. The Hall–Kier alpha value is -3.01. The van der Waals surface area contributed by atoms with E-state index in [1.165, 1.54) is 11.5 Å². The number of aryl methyl sites for hydroxylation is 1. The largest absolute Gasteiger partial charge is 0.345 e. The highest BCUT2D eigenvalue weighted by molar-refractivity contribution is 7.10. The highest BCUT2D eigenvalue weighted by Gasteiger charge is 2.34. The molecule has 0 radical (unpaired) electrons. The van der Waals surface area contributed by atoms with Gasteiger partial charge in [-0.1, -0.05) is 0 Å². The smallest absolute Gasteiger partial charge is 0.323 e. The van der Waals surface area contributed by atoms with Crippen molar-refractivity contribution in [2.24, 2.45) is 0 Å². The Morgan fingerprint density at radius 2 is 2.35 bits per heavy atom. The Balaban J connectivity index is 1.51. The molecule has 5 rings (SSSR count). The van der Waals surface area contributed by atoms with Crippen LogP contribution in [-0.4, -0.2) is 46.4 Å². The van der Waals surface area contributed by atoms with E-state index in [1.807, 2.05) is 34.6 Å². The molecule has 26 heavy (non-hydrogen) atoms. The summed E-state index contributed by atoms with van der Waals surface area (Å²) in [5.74, 6) is 0.764. The fraction of sp³-hybridized carbons (Fsp3) is 0.312. The molecular weight excluding hydrogens is 352 g/mol. The zero-order valence-corrected chi connectivity index (χ0v) is 14.8. The quantitative estimate of drug-likeness (QED) is 0.566. The number of aromatic amines is 1. The Labute approximate surface area is 152 Å². The predicted octanol–water partition coefficient (Wildman–Crippen LogP) is 2.74. The molecule has 5 heterocycles. The maximum atomic E-state index is 12.8. The highest BCUT2D eigenvalue weighted by Crippen LogP contribution is 2.33. The molecule has 0 aromatic carbocycles. The first-order valence-corrected chi connectivity index (χ1v) is 9.16. The van der Waals surface area contributed by atoms with E-state index in [9.17, 15) is 4.79 Å². The standard InChI is InChI=1S/C16H16N8OS/c1-9-7-13(26-22-9)19-16(25)23-6-2-3-11(23)15-21-20-12-8-18-14-10(24(12)15)4-5-17-14/h4-5,7-8,11,17H,2-3,6H2,1H3,(H,19,25). The number of rotatable bonds is 2. The molecule has 2 amide bonds. The monoisotopic (exact) mass is 368 g/mol. The van der Waals surface area contributed by atoms with E-state index in [0.717, 1.165) is 40.5 Å². The average Bonchev–Trinajstić information content (AvgIpc) is 3.39. The van der Waals surface area contributed by atoms with Gasteiger partial charge in [0.25, 0.3) is 0 Å². The number of carbonyl (C=O) groups is 1. The number of aromatic nitrogens is 6. The molecule has 4 aromatic heterocycles. The van der Waals surface area contributed by atoms with Crippen LogP contribution in [0.25, 0.3) is 16.8 Å². The summed E-state index contributed by atoms with van der Waals surface area (Å²) in [6, 6.07) is 3.56. The molecule has 0 spiro atoms. The first-order valence-electron chi connectivity index (χ1n) is 8.39. The van der Waals surface area contributed by atoms with E-state index in [2.05, 4.69) is 29.9 Å². The lowest BCUT2D eigenvalue weighted by Gasteiger charge is -2.23. The van der Waals surface area contributed by atoms with E-state index in [0.29, 0.717) is 12.2 Å². The molecule has 9 nitrogen and oxygen atoms in total. The van der Waals surface area contributed by atoms with Gasteiger partial charge in [-0.3, -0.25) is 9.72 Å². The summed E-state index contributed by atoms with van der Waals surface area (Å²) in [5, 5.41) is 12.3. The van der Waals surface area contributed by atoms with E-state index in [4.69, 9.17) is 0 Å². The van der Waals surface area contributed by atoms with E-state index in [-0.39, 0.29) is 12.1 Å². The molecule has 1 aliphatic heterocycles. The van der Waals surface area contributed by atoms with Gasteiger partial charge in [0.15, 0.2) is 17.1 Å². The number of nitrogens with zero attached hydrogens (tertiary/aromatic N) is 6. The highest BCUT2D eigenvalue weighted by atomic mass is 32.1. The van der Waals surface area contributed by atoms with Gasteiger partial charge in [0.2, 0.25) is 0 Å². The van der Waals surface area contributed by atoms with Crippen molar-refractivity contribution >= 4 is 39.4 Å². The van der Waals surface area contributed by atoms with Crippen molar-refractivity contribution < 1.29 is 4.79 Å². The van der Waals surface area contributed by atoms with E-state index < -0.39 is 0 Å². The van der Waals surface area contributed by atoms with Crippen LogP contribution in [-0.2, 0) is 0 Å². The van der Waals surface area contributed by atoms with Gasteiger partial charge in [-0.05, 0) is 43.4 Å². The number of amides is 2. The fourth-order valence-electron chi connectivity index (χ4n) is 3.49. The Bertz CT molecular complexity index is 1110. The summed E-state index contributed by atoms with van der Waals surface area (Å²) in [6.07, 6.45) is 5.31. The van der Waals surface area contributed by atoms with Crippen molar-refractivity contribution in [1.29, 1.82) is 0 Å². The summed E-state index contributed by atoms with van der Waals surface area (Å²) in [5.41, 5.74) is 3.26. The summed E-state index contributed by atoms with van der Waals surface area (Å²) in [7, 11) is 0. The number of fused-ring (bicyclic) bond motifs is 3. The molecule has 0 saturated carbocycles. The zero-order chi connectivity index (χ0) is 17.7. The lowest BCUT2D eigenvalue weighted by molar-refractivity contribution is 0.205. The third kappa shape index (κ3) is 2.33. The molecule has 0 aliphatic carbocycles. The number of nitrogens with one attached hydrogen (secondary N) is 2. The van der Waals surface area contributed by atoms with Gasteiger partial charge < -0.3 is 9.88 Å². The van der Waals surface area contributed by atoms with Crippen molar-refractivity contribution in [3.05, 3.63) is 36.0 Å². The van der Waals surface area contributed by atoms with Crippen LogP contribution < -0.4 is 5.32 Å². The average molecular weight is 368 g/mol. The number of anilines is 1. The van der Waals surface area contributed by atoms with Crippen molar-refractivity contribution in [3.8, 4) is 0 Å². The third-order valence-corrected chi connectivity index (χ3v) is 5.43. The second kappa shape index (κ2) is 5.77.